The number of carbonyl (C=O) groups is 2. The molecule has 1 aliphatic carbocycles. The summed E-state index contributed by atoms with van der Waals surface area (Å²) in [5, 5.41) is 3.08. The summed E-state index contributed by atoms with van der Waals surface area (Å²) in [7, 11) is 0. The van der Waals surface area contributed by atoms with Gasteiger partial charge < -0.3 is 10.2 Å². The Hall–Kier alpha value is -0.770. The normalized spacial score (nSPS) is 22.1. The molecule has 1 N–H and O–H groups in total. The number of nitrogens with zero attached hydrogens (tertiary/aromatic N) is 1. The van der Waals surface area contributed by atoms with E-state index in [9.17, 15) is 9.59 Å². The van der Waals surface area contributed by atoms with Gasteiger partial charge in [-0.25, -0.2) is 0 Å². The third kappa shape index (κ3) is 3.12. The number of hydrogen-bond acceptors (Lipinski definition) is 2. The van der Waals surface area contributed by atoms with Crippen LogP contribution in [0.25, 0.3) is 0 Å². The van der Waals surface area contributed by atoms with Gasteiger partial charge in [-0.05, 0) is 32.1 Å². The molecule has 1 heterocycles. The zero-order valence-corrected chi connectivity index (χ0v) is 10.7. The molecule has 1 saturated heterocycles. The molecule has 1 saturated carbocycles. The van der Waals surface area contributed by atoms with Crippen LogP contribution in [0.3, 0.4) is 0 Å². The van der Waals surface area contributed by atoms with E-state index in [2.05, 4.69) is 5.32 Å². The summed E-state index contributed by atoms with van der Waals surface area (Å²) in [6.07, 6.45) is 5.00. The Kier molecular flexibility index (Phi) is 4.26. The number of nitrogens with one attached hydrogen (secondary N) is 1. The second kappa shape index (κ2) is 5.71. The topological polar surface area (TPSA) is 49.4 Å². The largest absolute Gasteiger partial charge is 0.353 e. The zero-order valence-electron chi connectivity index (χ0n) is 9.95. The van der Waals surface area contributed by atoms with Crippen molar-refractivity contribution in [2.75, 3.05) is 19.0 Å². The highest BCUT2D eigenvalue weighted by molar-refractivity contribution is 6.27. The van der Waals surface area contributed by atoms with Gasteiger partial charge in [-0.3, -0.25) is 9.59 Å². The van der Waals surface area contributed by atoms with Crippen molar-refractivity contribution in [2.24, 2.45) is 5.92 Å². The minimum Gasteiger partial charge on any atom is -0.353 e. The van der Waals surface area contributed by atoms with Gasteiger partial charge in [0.1, 0.15) is 5.88 Å². The second-order valence-corrected chi connectivity index (χ2v) is 5.19. The number of piperidine rings is 1. The Bertz CT molecular complexity index is 297. The number of likely N-dealkylation sites (tertiary alicyclic amines) is 1. The van der Waals surface area contributed by atoms with Crippen LogP contribution in [0.15, 0.2) is 0 Å². The number of alkyl halides is 1. The molecule has 0 radical (unpaired) electrons. The summed E-state index contributed by atoms with van der Waals surface area (Å²) in [5.41, 5.74) is 0. The average molecular weight is 259 g/mol. The van der Waals surface area contributed by atoms with E-state index in [1.54, 1.807) is 4.90 Å². The molecule has 17 heavy (non-hydrogen) atoms. The van der Waals surface area contributed by atoms with Crippen LogP contribution in [0.2, 0.25) is 0 Å². The van der Waals surface area contributed by atoms with Crippen molar-refractivity contribution < 1.29 is 9.59 Å². The maximum absolute atomic E-state index is 11.9. The first-order chi connectivity index (χ1) is 8.20. The highest BCUT2D eigenvalue weighted by atomic mass is 35.5. The second-order valence-electron chi connectivity index (χ2n) is 4.93. The van der Waals surface area contributed by atoms with Gasteiger partial charge in [-0.1, -0.05) is 0 Å². The van der Waals surface area contributed by atoms with Crippen molar-refractivity contribution in [1.82, 2.24) is 10.2 Å². The third-order valence-electron chi connectivity index (χ3n) is 3.78. The van der Waals surface area contributed by atoms with Crippen LogP contribution in [0.5, 0.6) is 0 Å². The van der Waals surface area contributed by atoms with Crippen LogP contribution in [-0.2, 0) is 9.59 Å². The van der Waals surface area contributed by atoms with E-state index in [1.165, 1.54) is 6.42 Å². The van der Waals surface area contributed by atoms with Crippen LogP contribution in [0, 0.1) is 5.92 Å². The zero-order chi connectivity index (χ0) is 12.3. The highest BCUT2D eigenvalue weighted by Crippen LogP contribution is 2.22. The molecule has 0 unspecified atom stereocenters. The van der Waals surface area contributed by atoms with Gasteiger partial charge in [0.2, 0.25) is 11.8 Å². The first kappa shape index (κ1) is 12.7. The van der Waals surface area contributed by atoms with E-state index in [4.69, 9.17) is 11.6 Å². The van der Waals surface area contributed by atoms with Crippen molar-refractivity contribution in [3.63, 3.8) is 0 Å². The Balaban J connectivity index is 1.74. The molecule has 1 aliphatic heterocycles. The Labute approximate surface area is 107 Å². The SMILES string of the molecule is O=C(NC1CCC1)C1CCN(C(=O)CCl)CC1. The molecule has 0 bridgehead atoms. The summed E-state index contributed by atoms with van der Waals surface area (Å²) in [4.78, 5) is 25.0. The fourth-order valence-corrected chi connectivity index (χ4v) is 2.52. The van der Waals surface area contributed by atoms with Gasteiger partial charge in [0.25, 0.3) is 0 Å². The van der Waals surface area contributed by atoms with Gasteiger partial charge in [0.05, 0.1) is 0 Å². The quantitative estimate of drug-likeness (QED) is 0.772. The Morgan fingerprint density at radius 1 is 1.18 bits per heavy atom. The van der Waals surface area contributed by atoms with E-state index in [0.29, 0.717) is 19.1 Å². The molecule has 5 heteroatoms. The van der Waals surface area contributed by atoms with E-state index in [1.807, 2.05) is 0 Å². The van der Waals surface area contributed by atoms with Crippen molar-refractivity contribution in [3.8, 4) is 0 Å². The molecule has 2 rings (SSSR count). The van der Waals surface area contributed by atoms with E-state index in [0.717, 1.165) is 25.7 Å². The Morgan fingerprint density at radius 3 is 2.29 bits per heavy atom. The van der Waals surface area contributed by atoms with Gasteiger partial charge in [0.15, 0.2) is 0 Å². The van der Waals surface area contributed by atoms with Crippen molar-refractivity contribution >= 4 is 23.4 Å². The standard InChI is InChI=1S/C12H19ClN2O2/c13-8-11(16)15-6-4-9(5-7-15)12(17)14-10-2-1-3-10/h9-10H,1-8H2,(H,14,17). The van der Waals surface area contributed by atoms with Gasteiger partial charge >= 0.3 is 0 Å². The molecular formula is C12H19ClN2O2. The van der Waals surface area contributed by atoms with Crippen molar-refractivity contribution in [2.45, 2.75) is 38.1 Å². The van der Waals surface area contributed by atoms with Crippen LogP contribution in [0.1, 0.15) is 32.1 Å². The van der Waals surface area contributed by atoms with E-state index >= 15 is 0 Å². The molecule has 0 aromatic rings. The fourth-order valence-electron chi connectivity index (χ4n) is 2.35. The van der Waals surface area contributed by atoms with Gasteiger partial charge in [-0.15, -0.1) is 11.6 Å². The lowest BCUT2D eigenvalue weighted by molar-refractivity contribution is -0.134. The minimum atomic E-state index is -0.0236. The maximum Gasteiger partial charge on any atom is 0.237 e. The third-order valence-corrected chi connectivity index (χ3v) is 4.01. The highest BCUT2D eigenvalue weighted by Gasteiger charge is 2.29. The number of carbonyl (C=O) groups excluding carboxylic acids is 2. The summed E-state index contributed by atoms with van der Waals surface area (Å²) in [6.45, 7) is 1.32. The molecule has 2 amide bonds. The molecule has 2 fully saturated rings. The number of rotatable bonds is 3. The lowest BCUT2D eigenvalue weighted by atomic mass is 9.90. The molecule has 4 nitrogen and oxygen atoms in total. The minimum absolute atomic E-state index is 0.0236. The van der Waals surface area contributed by atoms with Crippen molar-refractivity contribution in [1.29, 1.82) is 0 Å². The first-order valence-corrected chi connectivity index (χ1v) is 6.88. The number of amides is 2. The molecule has 2 aliphatic rings. The summed E-state index contributed by atoms with van der Waals surface area (Å²) >= 11 is 5.51. The first-order valence-electron chi connectivity index (χ1n) is 6.35. The number of hydrogen-bond donors (Lipinski definition) is 1. The number of halogens is 1. The molecule has 0 atom stereocenters. The van der Waals surface area contributed by atoms with Crippen LogP contribution in [0.4, 0.5) is 0 Å². The van der Waals surface area contributed by atoms with E-state index in [-0.39, 0.29) is 23.6 Å². The lowest BCUT2D eigenvalue weighted by Crippen LogP contribution is -2.47. The van der Waals surface area contributed by atoms with Gasteiger partial charge in [-0.2, -0.15) is 0 Å². The molecular weight excluding hydrogens is 240 g/mol. The summed E-state index contributed by atoms with van der Waals surface area (Å²) in [5.74, 6) is 0.269. The lowest BCUT2D eigenvalue weighted by Gasteiger charge is -2.33. The smallest absolute Gasteiger partial charge is 0.237 e. The fraction of sp³-hybridized carbons (Fsp3) is 0.833. The summed E-state index contributed by atoms with van der Waals surface area (Å²) < 4.78 is 0. The molecule has 0 aromatic heterocycles. The molecule has 0 aromatic carbocycles. The predicted molar refractivity (Wildman–Crippen MR) is 65.8 cm³/mol. The van der Waals surface area contributed by atoms with Crippen LogP contribution < -0.4 is 5.32 Å². The molecule has 0 spiro atoms. The van der Waals surface area contributed by atoms with E-state index < -0.39 is 0 Å². The predicted octanol–water partition coefficient (Wildman–Crippen LogP) is 1.13. The average Bonchev–Trinajstić information content (AvgIpc) is 2.32. The maximum atomic E-state index is 11.9. The van der Waals surface area contributed by atoms with Crippen LogP contribution >= 0.6 is 11.6 Å². The van der Waals surface area contributed by atoms with Crippen LogP contribution in [-0.4, -0.2) is 41.7 Å². The Morgan fingerprint density at radius 2 is 1.82 bits per heavy atom. The van der Waals surface area contributed by atoms with Gasteiger partial charge in [0, 0.05) is 25.0 Å². The monoisotopic (exact) mass is 258 g/mol. The van der Waals surface area contributed by atoms with Crippen molar-refractivity contribution in [3.05, 3.63) is 0 Å². The summed E-state index contributed by atoms with van der Waals surface area (Å²) in [6, 6.07) is 0.407. The molecule has 96 valence electrons.